The minimum Gasteiger partial charge on any atom is -0.459 e. The number of hydrogen-bond donors (Lipinski definition) is 2. The number of nitrogens with one attached hydrogen (secondary N) is 2. The number of rotatable bonds is 7. The number of carbonyl (C=O) groups is 3. The lowest BCUT2D eigenvalue weighted by Crippen LogP contribution is -2.46. The normalized spacial score (nSPS) is 14.4. The van der Waals surface area contributed by atoms with Gasteiger partial charge in [-0.3, -0.25) is 19.3 Å². The molecule has 1 aliphatic carbocycles. The Balaban J connectivity index is 1.77. The van der Waals surface area contributed by atoms with E-state index in [0.717, 1.165) is 25.7 Å². The second-order valence-corrected chi connectivity index (χ2v) is 8.76. The van der Waals surface area contributed by atoms with Crippen LogP contribution in [0.25, 0.3) is 0 Å². The summed E-state index contributed by atoms with van der Waals surface area (Å²) in [5.74, 6) is -0.830. The van der Waals surface area contributed by atoms with Gasteiger partial charge in [0.1, 0.15) is 6.04 Å². The quantitative estimate of drug-likeness (QED) is 0.478. The zero-order valence-corrected chi connectivity index (χ0v) is 19.5. The van der Waals surface area contributed by atoms with Gasteiger partial charge in [-0.2, -0.15) is 0 Å². The summed E-state index contributed by atoms with van der Waals surface area (Å²) in [5.41, 5.74) is 1.68. The number of halogens is 1. The first-order valence-corrected chi connectivity index (χ1v) is 11.6. The Morgan fingerprint density at radius 2 is 1.68 bits per heavy atom. The first-order valence-electron chi connectivity index (χ1n) is 11.2. The molecule has 0 spiro atoms. The molecular formula is C26H26ClN3O4. The number of anilines is 2. The van der Waals surface area contributed by atoms with Gasteiger partial charge in [-0.25, -0.2) is 0 Å². The van der Waals surface area contributed by atoms with Crippen molar-refractivity contribution in [2.24, 2.45) is 0 Å². The first-order chi connectivity index (χ1) is 16.4. The zero-order chi connectivity index (χ0) is 24.1. The Kier molecular flexibility index (Phi) is 7.33. The highest BCUT2D eigenvalue weighted by Crippen LogP contribution is 2.32. The third kappa shape index (κ3) is 5.48. The van der Waals surface area contributed by atoms with Gasteiger partial charge in [-0.05, 0) is 66.9 Å². The minimum atomic E-state index is -0.956. The summed E-state index contributed by atoms with van der Waals surface area (Å²) < 4.78 is 5.39. The van der Waals surface area contributed by atoms with Crippen LogP contribution >= 0.6 is 11.6 Å². The fourth-order valence-corrected chi connectivity index (χ4v) is 4.35. The summed E-state index contributed by atoms with van der Waals surface area (Å²) in [4.78, 5) is 40.1. The van der Waals surface area contributed by atoms with Crippen molar-refractivity contribution in [1.82, 2.24) is 5.32 Å². The van der Waals surface area contributed by atoms with Crippen LogP contribution in [0.1, 0.15) is 54.8 Å². The van der Waals surface area contributed by atoms with Crippen LogP contribution in [-0.2, 0) is 9.59 Å². The molecule has 1 atom stereocenters. The molecule has 1 saturated carbocycles. The molecule has 0 unspecified atom stereocenters. The van der Waals surface area contributed by atoms with E-state index in [1.807, 2.05) is 0 Å². The minimum absolute atomic E-state index is 0.0741. The molecule has 1 fully saturated rings. The summed E-state index contributed by atoms with van der Waals surface area (Å²) in [6, 6.07) is 16.0. The molecule has 1 aliphatic rings. The molecule has 0 bridgehead atoms. The van der Waals surface area contributed by atoms with E-state index in [4.69, 9.17) is 16.0 Å². The molecule has 1 aromatic heterocycles. The highest BCUT2D eigenvalue weighted by molar-refractivity contribution is 6.30. The van der Waals surface area contributed by atoms with Crippen molar-refractivity contribution in [3.63, 3.8) is 0 Å². The Morgan fingerprint density at radius 1 is 1.00 bits per heavy atom. The van der Waals surface area contributed by atoms with Crippen LogP contribution in [0.4, 0.5) is 11.4 Å². The summed E-state index contributed by atoms with van der Waals surface area (Å²) >= 11 is 6.10. The van der Waals surface area contributed by atoms with Gasteiger partial charge < -0.3 is 15.1 Å². The number of nitrogens with zero attached hydrogens (tertiary/aromatic N) is 1. The van der Waals surface area contributed by atoms with Gasteiger partial charge in [0.05, 0.1) is 6.26 Å². The second kappa shape index (κ2) is 10.6. The fraction of sp³-hybridized carbons (Fsp3) is 0.269. The zero-order valence-electron chi connectivity index (χ0n) is 18.8. The van der Waals surface area contributed by atoms with Gasteiger partial charge >= 0.3 is 0 Å². The average Bonchev–Trinajstić information content (AvgIpc) is 3.53. The predicted octanol–water partition coefficient (Wildman–Crippen LogP) is 5.34. The van der Waals surface area contributed by atoms with E-state index in [9.17, 15) is 14.4 Å². The largest absolute Gasteiger partial charge is 0.459 e. The van der Waals surface area contributed by atoms with Crippen molar-refractivity contribution in [2.75, 3.05) is 10.2 Å². The van der Waals surface area contributed by atoms with Crippen LogP contribution in [0, 0.1) is 0 Å². The summed E-state index contributed by atoms with van der Waals surface area (Å²) in [7, 11) is 0. The van der Waals surface area contributed by atoms with Gasteiger partial charge in [-0.15, -0.1) is 0 Å². The molecule has 3 amide bonds. The molecule has 3 aromatic rings. The van der Waals surface area contributed by atoms with Crippen LogP contribution in [0.3, 0.4) is 0 Å². The van der Waals surface area contributed by atoms with E-state index in [2.05, 4.69) is 10.6 Å². The first kappa shape index (κ1) is 23.6. The van der Waals surface area contributed by atoms with Crippen molar-refractivity contribution < 1.29 is 18.8 Å². The number of amides is 3. The maximum Gasteiger partial charge on any atom is 0.294 e. The van der Waals surface area contributed by atoms with Crippen molar-refractivity contribution in [3.05, 3.63) is 83.3 Å². The predicted molar refractivity (Wildman–Crippen MR) is 131 cm³/mol. The molecule has 2 N–H and O–H groups in total. The number of hydrogen-bond acceptors (Lipinski definition) is 4. The maximum absolute atomic E-state index is 13.7. The Bertz CT molecular complexity index is 1140. The second-order valence-electron chi connectivity index (χ2n) is 8.32. The lowest BCUT2D eigenvalue weighted by Gasteiger charge is -2.32. The fourth-order valence-electron chi connectivity index (χ4n) is 4.22. The van der Waals surface area contributed by atoms with E-state index in [0.29, 0.717) is 22.0 Å². The monoisotopic (exact) mass is 479 g/mol. The van der Waals surface area contributed by atoms with Gasteiger partial charge in [0.25, 0.3) is 5.91 Å². The maximum atomic E-state index is 13.7. The summed E-state index contributed by atoms with van der Waals surface area (Å²) in [6.07, 6.45) is 5.38. The van der Waals surface area contributed by atoms with Gasteiger partial charge in [-0.1, -0.05) is 36.6 Å². The molecule has 1 heterocycles. The molecule has 4 rings (SSSR count). The average molecular weight is 480 g/mol. The van der Waals surface area contributed by atoms with Crippen molar-refractivity contribution in [2.45, 2.75) is 44.7 Å². The van der Waals surface area contributed by atoms with Gasteiger partial charge in [0, 0.05) is 29.4 Å². The van der Waals surface area contributed by atoms with Crippen LogP contribution < -0.4 is 15.5 Å². The van der Waals surface area contributed by atoms with Crippen molar-refractivity contribution >= 4 is 40.7 Å². The Morgan fingerprint density at radius 3 is 2.26 bits per heavy atom. The molecule has 176 valence electrons. The number of furan rings is 1. The molecular weight excluding hydrogens is 454 g/mol. The van der Waals surface area contributed by atoms with Crippen LogP contribution in [0.2, 0.25) is 5.02 Å². The molecule has 2 aromatic carbocycles. The van der Waals surface area contributed by atoms with E-state index in [1.165, 1.54) is 18.1 Å². The topological polar surface area (TPSA) is 91.7 Å². The third-order valence-corrected chi connectivity index (χ3v) is 6.06. The van der Waals surface area contributed by atoms with Crippen molar-refractivity contribution in [1.29, 1.82) is 0 Å². The summed E-state index contributed by atoms with van der Waals surface area (Å²) in [5, 5.41) is 6.37. The SMILES string of the molecule is CC(=O)Nc1ccc(N(C(=O)c2ccco2)[C@H](C(=O)NC2CCCC2)c2ccc(Cl)cc2)cc1. The standard InChI is InChI=1S/C26H26ClN3O4/c1-17(31)28-21-12-14-22(15-13-21)30(26(33)23-7-4-16-34-23)24(18-8-10-19(27)11-9-18)25(32)29-20-5-2-3-6-20/h4,7-16,20,24H,2-3,5-6H2,1H3,(H,28,31)(H,29,32)/t24-/m0/s1. The Labute approximate surface area is 203 Å². The number of carbonyl (C=O) groups excluding carboxylic acids is 3. The molecule has 34 heavy (non-hydrogen) atoms. The lowest BCUT2D eigenvalue weighted by molar-refractivity contribution is -0.123. The van der Waals surface area contributed by atoms with Crippen LogP contribution in [0.15, 0.2) is 71.3 Å². The molecule has 8 heteroatoms. The third-order valence-electron chi connectivity index (χ3n) is 5.81. The van der Waals surface area contributed by atoms with E-state index in [-0.39, 0.29) is 23.6 Å². The van der Waals surface area contributed by atoms with Crippen LogP contribution in [0.5, 0.6) is 0 Å². The highest BCUT2D eigenvalue weighted by atomic mass is 35.5. The smallest absolute Gasteiger partial charge is 0.294 e. The van der Waals surface area contributed by atoms with Gasteiger partial charge in [0.15, 0.2) is 5.76 Å². The van der Waals surface area contributed by atoms with E-state index >= 15 is 0 Å². The summed E-state index contributed by atoms with van der Waals surface area (Å²) in [6.45, 7) is 1.42. The molecule has 0 aliphatic heterocycles. The Hall–Kier alpha value is -3.58. The lowest BCUT2D eigenvalue weighted by atomic mass is 10.0. The van der Waals surface area contributed by atoms with E-state index < -0.39 is 11.9 Å². The molecule has 7 nitrogen and oxygen atoms in total. The number of benzene rings is 2. The molecule has 0 radical (unpaired) electrons. The van der Waals surface area contributed by atoms with Crippen molar-refractivity contribution in [3.8, 4) is 0 Å². The highest BCUT2D eigenvalue weighted by Gasteiger charge is 2.35. The van der Waals surface area contributed by atoms with Crippen LogP contribution in [-0.4, -0.2) is 23.8 Å². The molecule has 0 saturated heterocycles. The van der Waals surface area contributed by atoms with E-state index in [1.54, 1.807) is 60.7 Å². The van der Waals surface area contributed by atoms with Gasteiger partial charge in [0.2, 0.25) is 11.8 Å².